The highest BCUT2D eigenvalue weighted by molar-refractivity contribution is 6.03. The van der Waals surface area contributed by atoms with E-state index in [1.807, 2.05) is 19.1 Å². The second kappa shape index (κ2) is 11.3. The lowest BCUT2D eigenvalue weighted by molar-refractivity contribution is 0.00878. The Labute approximate surface area is 281 Å². The lowest BCUT2D eigenvalue weighted by Gasteiger charge is -2.39. The van der Waals surface area contributed by atoms with Crippen LogP contribution in [0.1, 0.15) is 85.4 Å². The molecule has 2 aliphatic carbocycles. The average molecular weight is 662 g/mol. The van der Waals surface area contributed by atoms with Gasteiger partial charge in [-0.1, -0.05) is 0 Å². The van der Waals surface area contributed by atoms with Gasteiger partial charge in [0.15, 0.2) is 29.2 Å². The summed E-state index contributed by atoms with van der Waals surface area (Å²) >= 11 is 0. The lowest BCUT2D eigenvalue weighted by Crippen LogP contribution is -2.59. The first kappa shape index (κ1) is 31.4. The van der Waals surface area contributed by atoms with Gasteiger partial charge < -0.3 is 39.2 Å². The number of aliphatic hydroxyl groups is 1. The molecule has 48 heavy (non-hydrogen) atoms. The van der Waals surface area contributed by atoms with Gasteiger partial charge >= 0.3 is 0 Å². The first-order valence-electron chi connectivity index (χ1n) is 17.4. The molecule has 6 aliphatic rings. The number of hydrazine groups is 1. The van der Waals surface area contributed by atoms with E-state index in [0.717, 1.165) is 63.7 Å². The maximum atomic E-state index is 13.8. The van der Waals surface area contributed by atoms with Gasteiger partial charge in [-0.05, 0) is 87.7 Å². The summed E-state index contributed by atoms with van der Waals surface area (Å²) in [7, 11) is 3.15. The number of nitrogens with one attached hydrogen (secondary N) is 1. The van der Waals surface area contributed by atoms with E-state index in [1.165, 1.54) is 17.9 Å². The normalized spacial score (nSPS) is 27.1. The number of nitrogens with two attached hydrogens (primary N) is 1. The SMILES string of the molecule is COc1cc2c(cc1OCCCCCOc1cc3c(cc1OC)C(=O)N1CC4(CC4)C[C@@]1(C)[C@H](O)N3N)NCC1CC3(CC3)CN1C2=O. The predicted molar refractivity (Wildman–Crippen MR) is 179 cm³/mol. The van der Waals surface area contributed by atoms with Crippen LogP contribution in [0.2, 0.25) is 0 Å². The fourth-order valence-electron chi connectivity index (χ4n) is 8.66. The Bertz CT molecular complexity index is 1640. The highest BCUT2D eigenvalue weighted by Gasteiger charge is 2.63. The zero-order valence-corrected chi connectivity index (χ0v) is 28.2. The molecule has 258 valence electrons. The minimum atomic E-state index is -1.05. The van der Waals surface area contributed by atoms with Crippen molar-refractivity contribution < 1.29 is 33.6 Å². The van der Waals surface area contributed by atoms with Crippen LogP contribution in [0.4, 0.5) is 11.4 Å². The third kappa shape index (κ3) is 5.10. The molecular formula is C36H47N5O7. The minimum absolute atomic E-state index is 0.0720. The number of amides is 2. The first-order valence-corrected chi connectivity index (χ1v) is 17.4. The molecule has 8 rings (SSSR count). The summed E-state index contributed by atoms with van der Waals surface area (Å²) < 4.78 is 23.5. The Kier molecular flexibility index (Phi) is 7.41. The molecule has 1 unspecified atom stereocenters. The first-order chi connectivity index (χ1) is 23.1. The van der Waals surface area contributed by atoms with Crippen LogP contribution in [0, 0.1) is 10.8 Å². The van der Waals surface area contributed by atoms with Crippen molar-refractivity contribution in [1.82, 2.24) is 9.80 Å². The predicted octanol–water partition coefficient (Wildman–Crippen LogP) is 4.15. The Balaban J connectivity index is 0.866. The van der Waals surface area contributed by atoms with Gasteiger partial charge in [0.2, 0.25) is 0 Å². The van der Waals surface area contributed by atoms with Crippen molar-refractivity contribution >= 4 is 23.2 Å². The van der Waals surface area contributed by atoms with Gasteiger partial charge in [-0.15, -0.1) is 0 Å². The molecule has 0 bridgehead atoms. The number of rotatable bonds is 10. The van der Waals surface area contributed by atoms with Gasteiger partial charge in [-0.3, -0.25) is 14.6 Å². The van der Waals surface area contributed by atoms with E-state index in [0.29, 0.717) is 65.0 Å². The molecule has 2 saturated carbocycles. The topological polar surface area (TPSA) is 139 Å². The number of benzene rings is 2. The van der Waals surface area contributed by atoms with Crippen LogP contribution in [0.15, 0.2) is 24.3 Å². The number of hydrogen-bond acceptors (Lipinski definition) is 10. The molecule has 2 spiro atoms. The van der Waals surface area contributed by atoms with Crippen LogP contribution >= 0.6 is 0 Å². The summed E-state index contributed by atoms with van der Waals surface area (Å²) in [5.74, 6) is 8.51. The molecule has 2 aromatic carbocycles. The summed E-state index contributed by atoms with van der Waals surface area (Å²) in [4.78, 5) is 31.1. The number of unbranched alkanes of at least 4 members (excludes halogenated alkanes) is 2. The van der Waals surface area contributed by atoms with E-state index in [4.69, 9.17) is 24.8 Å². The van der Waals surface area contributed by atoms with Gasteiger partial charge in [0.25, 0.3) is 11.8 Å². The van der Waals surface area contributed by atoms with Gasteiger partial charge in [-0.25, -0.2) is 5.84 Å². The van der Waals surface area contributed by atoms with Crippen molar-refractivity contribution in [2.75, 3.05) is 57.4 Å². The van der Waals surface area contributed by atoms with Crippen LogP contribution in [-0.2, 0) is 0 Å². The summed E-state index contributed by atoms with van der Waals surface area (Å²) in [6, 6.07) is 7.32. The zero-order valence-electron chi connectivity index (χ0n) is 28.2. The molecule has 3 atom stereocenters. The maximum Gasteiger partial charge on any atom is 0.256 e. The summed E-state index contributed by atoms with van der Waals surface area (Å²) in [5.41, 5.74) is 1.95. The van der Waals surface area contributed by atoms with E-state index in [9.17, 15) is 14.7 Å². The number of hydrogen-bond donors (Lipinski definition) is 3. The number of methoxy groups -OCH3 is 2. The Morgan fingerprint density at radius 1 is 0.854 bits per heavy atom. The number of anilines is 2. The van der Waals surface area contributed by atoms with Crippen molar-refractivity contribution in [3.05, 3.63) is 35.4 Å². The van der Waals surface area contributed by atoms with E-state index < -0.39 is 11.8 Å². The smallest absolute Gasteiger partial charge is 0.256 e. The standard InChI is InChI=1S/C36H47N5O7/c1-34-19-36(9-10-36)21-40(34)32(43)24-14-28(46-3)30(16-26(24)41(37)33(34)44)48-12-6-4-5-11-47-29-15-25-23(13-27(29)45-2)31(42)39-20-35(7-8-35)17-22(39)18-38-25/h13-16,22,33,38,44H,4-12,17-21,37H2,1-3H3/t22?,33-,34-/m0/s1. The van der Waals surface area contributed by atoms with Crippen LogP contribution < -0.4 is 35.1 Å². The molecule has 4 N–H and O–H groups in total. The van der Waals surface area contributed by atoms with Crippen molar-refractivity contribution in [1.29, 1.82) is 0 Å². The van der Waals surface area contributed by atoms with Crippen LogP contribution in [-0.4, -0.2) is 91.6 Å². The van der Waals surface area contributed by atoms with E-state index in [2.05, 4.69) is 10.2 Å². The Hall–Kier alpha value is -3.90. The Morgan fingerprint density at radius 3 is 2.15 bits per heavy atom. The van der Waals surface area contributed by atoms with Crippen molar-refractivity contribution in [3.8, 4) is 23.0 Å². The quantitative estimate of drug-likeness (QED) is 0.252. The van der Waals surface area contributed by atoms with Gasteiger partial charge in [0.1, 0.15) is 0 Å². The molecule has 0 aromatic heterocycles. The molecular weight excluding hydrogens is 614 g/mol. The molecule has 2 saturated heterocycles. The fraction of sp³-hybridized carbons (Fsp3) is 0.611. The van der Waals surface area contributed by atoms with Crippen LogP contribution in [0.3, 0.4) is 0 Å². The minimum Gasteiger partial charge on any atom is -0.493 e. The van der Waals surface area contributed by atoms with Crippen molar-refractivity contribution in [3.63, 3.8) is 0 Å². The second-order valence-corrected chi connectivity index (χ2v) is 15.2. The highest BCUT2D eigenvalue weighted by Crippen LogP contribution is 2.60. The average Bonchev–Trinajstić information content (AvgIpc) is 3.98. The number of nitrogens with zero attached hydrogens (tertiary/aromatic N) is 3. The molecule has 4 heterocycles. The number of carbonyl (C=O) groups excluding carboxylic acids is 2. The maximum absolute atomic E-state index is 13.8. The highest BCUT2D eigenvalue weighted by atomic mass is 16.5. The summed E-state index contributed by atoms with van der Waals surface area (Å²) in [6.45, 7) is 5.08. The fourth-order valence-corrected chi connectivity index (χ4v) is 8.66. The Morgan fingerprint density at radius 2 is 1.50 bits per heavy atom. The molecule has 12 nitrogen and oxygen atoms in total. The third-order valence-electron chi connectivity index (χ3n) is 11.9. The molecule has 0 radical (unpaired) electrons. The van der Waals surface area contributed by atoms with E-state index >= 15 is 0 Å². The number of fused-ring (bicyclic) bond motifs is 4. The summed E-state index contributed by atoms with van der Waals surface area (Å²) in [6.07, 6.45) is 7.76. The van der Waals surface area contributed by atoms with E-state index in [-0.39, 0.29) is 23.3 Å². The number of aliphatic hydroxyl groups excluding tert-OH is 1. The monoisotopic (exact) mass is 661 g/mol. The van der Waals surface area contributed by atoms with Crippen LogP contribution in [0.25, 0.3) is 0 Å². The molecule has 4 aliphatic heterocycles. The largest absolute Gasteiger partial charge is 0.493 e. The van der Waals surface area contributed by atoms with Crippen molar-refractivity contribution in [2.45, 2.75) is 82.5 Å². The molecule has 4 fully saturated rings. The zero-order chi connectivity index (χ0) is 33.4. The number of ether oxygens (including phenoxy) is 4. The lowest BCUT2D eigenvalue weighted by atomic mass is 9.90. The van der Waals surface area contributed by atoms with E-state index in [1.54, 1.807) is 31.3 Å². The van der Waals surface area contributed by atoms with Gasteiger partial charge in [0, 0.05) is 37.8 Å². The molecule has 12 heteroatoms. The molecule has 2 aromatic rings. The van der Waals surface area contributed by atoms with Crippen molar-refractivity contribution in [2.24, 2.45) is 16.7 Å². The number of carbonyl (C=O) groups is 2. The van der Waals surface area contributed by atoms with Crippen LogP contribution in [0.5, 0.6) is 23.0 Å². The third-order valence-corrected chi connectivity index (χ3v) is 11.9. The van der Waals surface area contributed by atoms with Gasteiger partial charge in [-0.2, -0.15) is 0 Å². The summed E-state index contributed by atoms with van der Waals surface area (Å²) in [5, 5.41) is 16.2. The van der Waals surface area contributed by atoms with Gasteiger partial charge in [0.05, 0.1) is 55.5 Å². The second-order valence-electron chi connectivity index (χ2n) is 15.2. The molecule has 2 amide bonds.